The highest BCUT2D eigenvalue weighted by Crippen LogP contribution is 2.28. The summed E-state index contributed by atoms with van der Waals surface area (Å²) in [5.74, 6) is 0. The van der Waals surface area contributed by atoms with Gasteiger partial charge in [-0.2, -0.15) is 0 Å². The van der Waals surface area contributed by atoms with Crippen LogP contribution in [0.2, 0.25) is 0 Å². The molecular formula is C14H21F2NOS. The Kier molecular flexibility index (Phi) is 5.21. The smallest absolute Gasteiger partial charge is 0.242 e. The van der Waals surface area contributed by atoms with Gasteiger partial charge in [-0.1, -0.05) is 18.2 Å². The summed E-state index contributed by atoms with van der Waals surface area (Å²) < 4.78 is 40.3. The van der Waals surface area contributed by atoms with Gasteiger partial charge in [0.15, 0.2) is 0 Å². The summed E-state index contributed by atoms with van der Waals surface area (Å²) in [4.78, 5) is 0. The first-order valence-corrected chi connectivity index (χ1v) is 7.35. The third-order valence-electron chi connectivity index (χ3n) is 2.96. The molecule has 0 fully saturated rings. The minimum Gasteiger partial charge on any atom is -0.242 e. The van der Waals surface area contributed by atoms with Crippen LogP contribution in [0.15, 0.2) is 18.2 Å². The van der Waals surface area contributed by atoms with Crippen molar-refractivity contribution in [1.82, 2.24) is 4.72 Å². The van der Waals surface area contributed by atoms with Crippen molar-refractivity contribution in [2.24, 2.45) is 0 Å². The molecule has 0 aromatic heterocycles. The highest BCUT2D eigenvalue weighted by Gasteiger charge is 2.23. The number of hydrogen-bond acceptors (Lipinski definition) is 1. The molecule has 0 aliphatic carbocycles. The summed E-state index contributed by atoms with van der Waals surface area (Å²) in [6.07, 6.45) is -2.49. The van der Waals surface area contributed by atoms with Crippen LogP contribution in [0.5, 0.6) is 0 Å². The van der Waals surface area contributed by atoms with Crippen LogP contribution in [0, 0.1) is 6.92 Å². The van der Waals surface area contributed by atoms with Crippen molar-refractivity contribution in [2.75, 3.05) is 0 Å². The van der Waals surface area contributed by atoms with Crippen LogP contribution in [-0.2, 0) is 11.0 Å². The summed E-state index contributed by atoms with van der Waals surface area (Å²) in [6, 6.07) is 4.59. The fraction of sp³-hybridized carbons (Fsp3) is 0.571. The second kappa shape index (κ2) is 6.09. The Morgan fingerprint density at radius 3 is 2.21 bits per heavy atom. The Bertz CT molecular complexity index is 469. The summed E-state index contributed by atoms with van der Waals surface area (Å²) >= 11 is 0. The van der Waals surface area contributed by atoms with Gasteiger partial charge in [0.05, 0.1) is 15.7 Å². The molecule has 1 aromatic rings. The molecule has 19 heavy (non-hydrogen) atoms. The standard InChI is InChI=1S/C14H21F2NOS/c1-9-11(7-6-8-12(9)13(15)16)10(2)17-19(18)14(3,4)5/h6-8,10,13,17H,1-5H3/t10?,19-/m1/s1. The fourth-order valence-electron chi connectivity index (χ4n) is 1.78. The van der Waals surface area contributed by atoms with Crippen molar-refractivity contribution in [3.05, 3.63) is 34.9 Å². The molecule has 5 heteroatoms. The minimum atomic E-state index is -2.49. The van der Waals surface area contributed by atoms with E-state index in [2.05, 4.69) is 4.72 Å². The van der Waals surface area contributed by atoms with Gasteiger partial charge >= 0.3 is 0 Å². The van der Waals surface area contributed by atoms with Crippen molar-refractivity contribution >= 4 is 11.0 Å². The average Bonchev–Trinajstić information content (AvgIpc) is 2.27. The fourth-order valence-corrected chi connectivity index (χ4v) is 2.58. The lowest BCUT2D eigenvalue weighted by Gasteiger charge is -2.23. The van der Waals surface area contributed by atoms with Gasteiger partial charge in [0.1, 0.15) is 0 Å². The number of rotatable bonds is 4. The van der Waals surface area contributed by atoms with E-state index in [9.17, 15) is 13.0 Å². The zero-order valence-electron chi connectivity index (χ0n) is 12.0. The molecule has 0 aliphatic rings. The largest absolute Gasteiger partial charge is 0.264 e. The quantitative estimate of drug-likeness (QED) is 0.890. The van der Waals surface area contributed by atoms with Crippen molar-refractivity contribution < 1.29 is 13.0 Å². The molecule has 0 saturated carbocycles. The maximum absolute atomic E-state index is 12.8. The Balaban J connectivity index is 2.98. The van der Waals surface area contributed by atoms with Crippen LogP contribution < -0.4 is 4.72 Å². The van der Waals surface area contributed by atoms with Gasteiger partial charge in [0.2, 0.25) is 0 Å². The molecule has 0 amide bonds. The van der Waals surface area contributed by atoms with Crippen molar-refractivity contribution in [3.8, 4) is 0 Å². The first kappa shape index (κ1) is 16.2. The van der Waals surface area contributed by atoms with Gasteiger partial charge in [-0.15, -0.1) is 0 Å². The molecule has 108 valence electrons. The van der Waals surface area contributed by atoms with E-state index < -0.39 is 17.4 Å². The first-order valence-electron chi connectivity index (χ1n) is 6.20. The van der Waals surface area contributed by atoms with Crippen molar-refractivity contribution in [2.45, 2.75) is 51.8 Å². The van der Waals surface area contributed by atoms with Crippen molar-refractivity contribution in [1.29, 1.82) is 0 Å². The topological polar surface area (TPSA) is 29.1 Å². The lowest BCUT2D eigenvalue weighted by Crippen LogP contribution is -2.35. The molecule has 0 bridgehead atoms. The molecule has 0 spiro atoms. The SMILES string of the molecule is Cc1c(C(F)F)cccc1C(C)N[S@](=O)C(C)(C)C. The number of hydrogen-bond donors (Lipinski definition) is 1. The summed E-state index contributed by atoms with van der Waals surface area (Å²) in [7, 11) is -1.23. The van der Waals surface area contributed by atoms with Crippen LogP contribution in [0.25, 0.3) is 0 Å². The normalized spacial score (nSPS) is 15.6. The zero-order valence-corrected chi connectivity index (χ0v) is 12.8. The third-order valence-corrected chi connectivity index (χ3v) is 4.64. The zero-order chi connectivity index (χ0) is 14.8. The van der Waals surface area contributed by atoms with E-state index in [-0.39, 0.29) is 16.4 Å². The van der Waals surface area contributed by atoms with Crippen molar-refractivity contribution in [3.63, 3.8) is 0 Å². The minimum absolute atomic E-state index is 0.0349. The van der Waals surface area contributed by atoms with Crippen LogP contribution in [0.4, 0.5) is 8.78 Å². The Morgan fingerprint density at radius 2 is 1.74 bits per heavy atom. The van der Waals surface area contributed by atoms with E-state index in [1.54, 1.807) is 19.1 Å². The van der Waals surface area contributed by atoms with E-state index in [1.165, 1.54) is 6.07 Å². The third kappa shape index (κ3) is 4.08. The highest BCUT2D eigenvalue weighted by atomic mass is 32.2. The molecule has 1 aromatic carbocycles. The lowest BCUT2D eigenvalue weighted by atomic mass is 9.98. The van der Waals surface area contributed by atoms with E-state index in [1.807, 2.05) is 27.7 Å². The van der Waals surface area contributed by atoms with Crippen LogP contribution in [0.1, 0.15) is 56.9 Å². The van der Waals surface area contributed by atoms with Gasteiger partial charge in [-0.3, -0.25) is 0 Å². The lowest BCUT2D eigenvalue weighted by molar-refractivity contribution is 0.150. The number of benzene rings is 1. The maximum atomic E-state index is 12.8. The van der Waals surface area contributed by atoms with Gasteiger partial charge in [0, 0.05) is 11.6 Å². The number of halogens is 2. The molecule has 0 heterocycles. The second-order valence-electron chi connectivity index (χ2n) is 5.58. The molecular weight excluding hydrogens is 268 g/mol. The van der Waals surface area contributed by atoms with Gasteiger partial charge in [-0.05, 0) is 45.7 Å². The Hall–Kier alpha value is -0.810. The predicted molar refractivity (Wildman–Crippen MR) is 75.6 cm³/mol. The van der Waals surface area contributed by atoms with E-state index in [0.717, 1.165) is 5.56 Å². The van der Waals surface area contributed by atoms with Crippen LogP contribution in [-0.4, -0.2) is 8.96 Å². The van der Waals surface area contributed by atoms with Crippen LogP contribution >= 0.6 is 0 Å². The molecule has 2 atom stereocenters. The predicted octanol–water partition coefficient (Wildman–Crippen LogP) is 4.05. The molecule has 1 N–H and O–H groups in total. The highest BCUT2D eigenvalue weighted by molar-refractivity contribution is 7.84. The molecule has 0 radical (unpaired) electrons. The molecule has 1 unspecified atom stereocenters. The van der Waals surface area contributed by atoms with Gasteiger partial charge in [0.25, 0.3) is 6.43 Å². The van der Waals surface area contributed by atoms with Crippen LogP contribution in [0.3, 0.4) is 0 Å². The molecule has 1 rings (SSSR count). The average molecular weight is 289 g/mol. The first-order chi connectivity index (χ1) is 8.64. The second-order valence-corrected chi connectivity index (χ2v) is 7.58. The molecule has 0 saturated heterocycles. The van der Waals surface area contributed by atoms with Gasteiger partial charge in [-0.25, -0.2) is 17.7 Å². The summed E-state index contributed by atoms with van der Waals surface area (Å²) in [6.45, 7) is 9.11. The van der Waals surface area contributed by atoms with E-state index in [0.29, 0.717) is 5.56 Å². The molecule has 2 nitrogen and oxygen atoms in total. The number of nitrogens with one attached hydrogen (secondary N) is 1. The summed E-state index contributed by atoms with van der Waals surface area (Å²) in [5.41, 5.74) is 1.35. The Labute approximate surface area is 116 Å². The van der Waals surface area contributed by atoms with Gasteiger partial charge < -0.3 is 0 Å². The Morgan fingerprint density at radius 1 is 1.21 bits per heavy atom. The number of alkyl halides is 2. The molecule has 0 aliphatic heterocycles. The van der Waals surface area contributed by atoms with E-state index >= 15 is 0 Å². The maximum Gasteiger partial charge on any atom is 0.264 e. The monoisotopic (exact) mass is 289 g/mol. The summed E-state index contributed by atoms with van der Waals surface area (Å²) in [5, 5.41) is 0. The van der Waals surface area contributed by atoms with E-state index in [4.69, 9.17) is 0 Å².